The van der Waals surface area contributed by atoms with E-state index in [0.717, 1.165) is 35.5 Å². The van der Waals surface area contributed by atoms with Crippen LogP contribution in [0.4, 0.5) is 0 Å². The molecule has 0 radical (unpaired) electrons. The van der Waals surface area contributed by atoms with Gasteiger partial charge in [0, 0.05) is 5.56 Å². The number of unbranched alkanes of at least 4 members (excludes halogenated alkanes) is 2. The quantitative estimate of drug-likeness (QED) is 0.442. The zero-order valence-corrected chi connectivity index (χ0v) is 16.6. The molecule has 0 saturated heterocycles. The third kappa shape index (κ3) is 3.79. The van der Waals surface area contributed by atoms with E-state index in [2.05, 4.69) is 17.0 Å². The molecule has 1 aromatic carbocycles. The van der Waals surface area contributed by atoms with Crippen LogP contribution in [0.1, 0.15) is 31.7 Å². The summed E-state index contributed by atoms with van der Waals surface area (Å²) < 4.78 is 7.90. The molecule has 0 unspecified atom stereocenters. The zero-order chi connectivity index (χ0) is 18.6. The molecule has 4 aromatic rings. The van der Waals surface area contributed by atoms with Gasteiger partial charge in [-0.1, -0.05) is 55.4 Å². The first-order valence-corrected chi connectivity index (χ1v) is 10.6. The maximum atomic E-state index is 12.7. The zero-order valence-electron chi connectivity index (χ0n) is 14.9. The Morgan fingerprint density at radius 3 is 2.85 bits per heavy atom. The number of fused-ring (bicyclic) bond motifs is 1. The van der Waals surface area contributed by atoms with Crippen molar-refractivity contribution in [2.45, 2.75) is 26.2 Å². The maximum Gasteiger partial charge on any atom is 0.291 e. The third-order valence-corrected chi connectivity index (χ3v) is 5.96. The molecular formula is C20H19N3O2S2. The lowest BCUT2D eigenvalue weighted by atomic mass is 10.2. The van der Waals surface area contributed by atoms with Gasteiger partial charge in [-0.2, -0.15) is 9.50 Å². The summed E-state index contributed by atoms with van der Waals surface area (Å²) >= 11 is 2.91. The van der Waals surface area contributed by atoms with Gasteiger partial charge >= 0.3 is 0 Å². The van der Waals surface area contributed by atoms with Crippen molar-refractivity contribution in [3.63, 3.8) is 0 Å². The molecule has 27 heavy (non-hydrogen) atoms. The van der Waals surface area contributed by atoms with Crippen LogP contribution in [-0.4, -0.2) is 21.2 Å². The smallest absolute Gasteiger partial charge is 0.291 e. The molecule has 0 aliphatic rings. The molecule has 3 aromatic heterocycles. The highest BCUT2D eigenvalue weighted by Gasteiger charge is 2.13. The summed E-state index contributed by atoms with van der Waals surface area (Å²) in [5, 5.41) is 6.34. The van der Waals surface area contributed by atoms with Crippen LogP contribution < -0.4 is 14.8 Å². The van der Waals surface area contributed by atoms with Crippen molar-refractivity contribution in [2.24, 2.45) is 0 Å². The first-order chi connectivity index (χ1) is 13.3. The lowest BCUT2D eigenvalue weighted by Gasteiger charge is -2.08. The topological polar surface area (TPSA) is 56.5 Å². The normalized spacial score (nSPS) is 12.1. The van der Waals surface area contributed by atoms with Crippen LogP contribution in [0.3, 0.4) is 0 Å². The maximum absolute atomic E-state index is 12.7. The van der Waals surface area contributed by atoms with Crippen LogP contribution in [0.2, 0.25) is 0 Å². The standard InChI is InChI=1S/C20H19N3O2S2/c1-2-3-6-11-25-15-9-5-4-8-14(15)13-17-19(24)23-20(27-17)21-18(22-23)16-10-7-12-26-16/h4-5,7-10,12-13H,2-3,6,11H2,1H3/b17-13+. The Morgan fingerprint density at radius 2 is 2.07 bits per heavy atom. The van der Waals surface area contributed by atoms with Gasteiger partial charge in [0.1, 0.15) is 5.75 Å². The number of rotatable bonds is 7. The second kappa shape index (κ2) is 8.02. The summed E-state index contributed by atoms with van der Waals surface area (Å²) in [5.41, 5.74) is 0.750. The predicted molar refractivity (Wildman–Crippen MR) is 111 cm³/mol. The van der Waals surface area contributed by atoms with Crippen LogP contribution in [0.5, 0.6) is 5.75 Å². The first-order valence-electron chi connectivity index (χ1n) is 8.93. The van der Waals surface area contributed by atoms with Crippen molar-refractivity contribution in [3.8, 4) is 16.5 Å². The Hall–Kier alpha value is -2.51. The SMILES string of the molecule is CCCCCOc1ccccc1/C=c1/sc2nc(-c3cccs3)nn2c1=O. The molecule has 0 spiro atoms. The molecule has 0 atom stereocenters. The summed E-state index contributed by atoms with van der Waals surface area (Å²) in [4.78, 5) is 18.8. The first kappa shape index (κ1) is 17.9. The minimum Gasteiger partial charge on any atom is -0.493 e. The number of aromatic nitrogens is 3. The molecule has 4 rings (SSSR count). The molecule has 7 heteroatoms. The molecule has 0 amide bonds. The minimum absolute atomic E-state index is 0.147. The van der Waals surface area contributed by atoms with Gasteiger partial charge in [-0.3, -0.25) is 4.79 Å². The van der Waals surface area contributed by atoms with E-state index in [4.69, 9.17) is 4.74 Å². The largest absolute Gasteiger partial charge is 0.493 e. The van der Waals surface area contributed by atoms with E-state index in [1.54, 1.807) is 11.3 Å². The summed E-state index contributed by atoms with van der Waals surface area (Å²) in [6.45, 7) is 2.85. The Labute approximate surface area is 164 Å². The van der Waals surface area contributed by atoms with Gasteiger partial charge in [0.05, 0.1) is 16.0 Å². The highest BCUT2D eigenvalue weighted by atomic mass is 32.1. The van der Waals surface area contributed by atoms with Gasteiger partial charge in [0.15, 0.2) is 5.82 Å². The van der Waals surface area contributed by atoms with E-state index >= 15 is 0 Å². The van der Waals surface area contributed by atoms with E-state index in [-0.39, 0.29) is 5.56 Å². The molecule has 0 N–H and O–H groups in total. The fourth-order valence-electron chi connectivity index (χ4n) is 2.75. The number of nitrogens with zero attached hydrogens (tertiary/aromatic N) is 3. The number of ether oxygens (including phenoxy) is 1. The van der Waals surface area contributed by atoms with Gasteiger partial charge in [-0.15, -0.1) is 16.4 Å². The fourth-order valence-corrected chi connectivity index (χ4v) is 4.30. The average molecular weight is 398 g/mol. The molecule has 0 aliphatic carbocycles. The Balaban J connectivity index is 1.66. The van der Waals surface area contributed by atoms with E-state index in [0.29, 0.717) is 21.9 Å². The molecule has 0 fully saturated rings. The summed E-state index contributed by atoms with van der Waals surface area (Å²) in [7, 11) is 0. The van der Waals surface area contributed by atoms with Gasteiger partial charge in [0.25, 0.3) is 5.56 Å². The van der Waals surface area contributed by atoms with Crippen LogP contribution >= 0.6 is 22.7 Å². The van der Waals surface area contributed by atoms with Crippen LogP contribution in [0, 0.1) is 0 Å². The van der Waals surface area contributed by atoms with Gasteiger partial charge < -0.3 is 4.74 Å². The summed E-state index contributed by atoms with van der Waals surface area (Å²) in [5.74, 6) is 1.39. The van der Waals surface area contributed by atoms with Crippen molar-refractivity contribution >= 4 is 33.7 Å². The van der Waals surface area contributed by atoms with Crippen molar-refractivity contribution < 1.29 is 4.74 Å². The summed E-state index contributed by atoms with van der Waals surface area (Å²) in [6.07, 6.45) is 5.20. The number of para-hydroxylation sites is 1. The molecule has 0 bridgehead atoms. The van der Waals surface area contributed by atoms with Crippen molar-refractivity contribution in [2.75, 3.05) is 6.61 Å². The number of thiazole rings is 1. The Morgan fingerprint density at radius 1 is 1.19 bits per heavy atom. The molecule has 0 aliphatic heterocycles. The number of hydrogen-bond acceptors (Lipinski definition) is 6. The van der Waals surface area contributed by atoms with E-state index in [1.807, 2.05) is 47.9 Å². The second-order valence-corrected chi connectivity index (χ2v) is 8.07. The Kier molecular flexibility index (Phi) is 5.31. The van der Waals surface area contributed by atoms with Gasteiger partial charge in [-0.05, 0) is 30.0 Å². The van der Waals surface area contributed by atoms with Crippen molar-refractivity contribution in [1.29, 1.82) is 0 Å². The van der Waals surface area contributed by atoms with Gasteiger partial charge in [-0.25, -0.2) is 0 Å². The van der Waals surface area contributed by atoms with Gasteiger partial charge in [0.2, 0.25) is 4.96 Å². The molecular weight excluding hydrogens is 378 g/mol. The number of thiophene rings is 1. The average Bonchev–Trinajstić information content (AvgIpc) is 3.39. The third-order valence-electron chi connectivity index (χ3n) is 4.13. The van der Waals surface area contributed by atoms with Crippen LogP contribution in [-0.2, 0) is 0 Å². The van der Waals surface area contributed by atoms with E-state index < -0.39 is 0 Å². The van der Waals surface area contributed by atoms with E-state index in [1.165, 1.54) is 15.9 Å². The Bertz CT molecular complexity index is 1150. The molecule has 138 valence electrons. The number of benzene rings is 1. The second-order valence-electron chi connectivity index (χ2n) is 6.12. The van der Waals surface area contributed by atoms with Crippen LogP contribution in [0.15, 0.2) is 46.6 Å². The highest BCUT2D eigenvalue weighted by Crippen LogP contribution is 2.22. The number of hydrogen-bond donors (Lipinski definition) is 0. The van der Waals surface area contributed by atoms with Crippen molar-refractivity contribution in [3.05, 3.63) is 62.2 Å². The molecule has 5 nitrogen and oxygen atoms in total. The van der Waals surface area contributed by atoms with E-state index in [9.17, 15) is 4.79 Å². The molecule has 0 saturated carbocycles. The highest BCUT2D eigenvalue weighted by molar-refractivity contribution is 7.15. The van der Waals surface area contributed by atoms with Crippen molar-refractivity contribution in [1.82, 2.24) is 14.6 Å². The summed E-state index contributed by atoms with van der Waals surface area (Å²) in [6, 6.07) is 11.7. The fraction of sp³-hybridized carbons (Fsp3) is 0.250. The minimum atomic E-state index is -0.147. The molecule has 3 heterocycles. The van der Waals surface area contributed by atoms with Crippen LogP contribution in [0.25, 0.3) is 21.7 Å². The lowest BCUT2D eigenvalue weighted by Crippen LogP contribution is -2.23. The lowest BCUT2D eigenvalue weighted by molar-refractivity contribution is 0.305. The predicted octanol–water partition coefficient (Wildman–Crippen LogP) is 4.00. The monoisotopic (exact) mass is 397 g/mol.